The molecule has 0 aromatic heterocycles. The van der Waals surface area contributed by atoms with Crippen LogP contribution in [0.5, 0.6) is 5.75 Å². The molecule has 1 saturated heterocycles. The maximum atomic E-state index is 12.0. The predicted octanol–water partition coefficient (Wildman–Crippen LogP) is 1.20. The number of likely N-dealkylation sites (tertiary alicyclic amines) is 1. The fourth-order valence-corrected chi connectivity index (χ4v) is 2.25. The molecule has 0 spiro atoms. The Bertz CT molecular complexity index is 475. The zero-order valence-corrected chi connectivity index (χ0v) is 11.1. The van der Waals surface area contributed by atoms with Gasteiger partial charge in [-0.05, 0) is 37.1 Å². The Kier molecular flexibility index (Phi) is 4.27. The molecule has 6 heteroatoms. The van der Waals surface area contributed by atoms with Gasteiger partial charge in [0.05, 0.1) is 0 Å². The van der Waals surface area contributed by atoms with Crippen LogP contribution in [0.3, 0.4) is 0 Å². The summed E-state index contributed by atoms with van der Waals surface area (Å²) in [5.41, 5.74) is 5.26. The number of ether oxygens (including phenoxy) is 1. The molecule has 19 heavy (non-hydrogen) atoms. The average molecular weight is 283 g/mol. The number of carbonyl (C=O) groups is 2. The number of nitrogens with two attached hydrogens (primary N) is 1. The van der Waals surface area contributed by atoms with Crippen LogP contribution in [0.15, 0.2) is 24.3 Å². The zero-order valence-electron chi connectivity index (χ0n) is 10.3. The fourth-order valence-electron chi connectivity index (χ4n) is 2.12. The number of amides is 2. The van der Waals surface area contributed by atoms with Crippen molar-refractivity contribution >= 4 is 23.4 Å². The maximum absolute atomic E-state index is 12.0. The SMILES string of the molecule is NC(=O)[C@@H]1CCCN1C(=O)COc1ccc(Cl)cc1. The van der Waals surface area contributed by atoms with E-state index in [1.807, 2.05) is 0 Å². The topological polar surface area (TPSA) is 72.6 Å². The molecule has 2 rings (SSSR count). The Morgan fingerprint density at radius 3 is 2.68 bits per heavy atom. The summed E-state index contributed by atoms with van der Waals surface area (Å²) in [5, 5.41) is 0.604. The van der Waals surface area contributed by atoms with Crippen LogP contribution in [-0.4, -0.2) is 35.9 Å². The van der Waals surface area contributed by atoms with Crippen molar-refractivity contribution < 1.29 is 14.3 Å². The molecule has 1 aromatic rings. The summed E-state index contributed by atoms with van der Waals surface area (Å²) in [6.45, 7) is 0.446. The summed E-state index contributed by atoms with van der Waals surface area (Å²) in [7, 11) is 0. The highest BCUT2D eigenvalue weighted by molar-refractivity contribution is 6.30. The van der Waals surface area contributed by atoms with E-state index in [-0.39, 0.29) is 12.5 Å². The van der Waals surface area contributed by atoms with Crippen LogP contribution >= 0.6 is 11.6 Å². The number of hydrogen-bond donors (Lipinski definition) is 1. The van der Waals surface area contributed by atoms with E-state index in [1.165, 1.54) is 4.90 Å². The molecule has 2 N–H and O–H groups in total. The number of benzene rings is 1. The van der Waals surface area contributed by atoms with Crippen molar-refractivity contribution in [2.24, 2.45) is 5.73 Å². The first kappa shape index (κ1) is 13.7. The lowest BCUT2D eigenvalue weighted by atomic mass is 10.2. The highest BCUT2D eigenvalue weighted by atomic mass is 35.5. The molecule has 1 fully saturated rings. The number of halogens is 1. The van der Waals surface area contributed by atoms with Crippen LogP contribution < -0.4 is 10.5 Å². The van der Waals surface area contributed by atoms with Crippen LogP contribution in [0.4, 0.5) is 0 Å². The summed E-state index contributed by atoms with van der Waals surface area (Å²) in [6, 6.07) is 6.24. The third kappa shape index (κ3) is 3.38. The van der Waals surface area contributed by atoms with E-state index in [0.717, 1.165) is 6.42 Å². The second kappa shape index (κ2) is 5.93. The standard InChI is InChI=1S/C13H15ClN2O3/c14-9-3-5-10(6-4-9)19-8-12(17)16-7-1-2-11(16)13(15)18/h3-6,11H,1-2,7-8H2,(H2,15,18)/t11-/m0/s1. The van der Waals surface area contributed by atoms with Gasteiger partial charge in [0.2, 0.25) is 5.91 Å². The van der Waals surface area contributed by atoms with Crippen LogP contribution in [0.1, 0.15) is 12.8 Å². The molecular formula is C13H15ClN2O3. The van der Waals surface area contributed by atoms with E-state index >= 15 is 0 Å². The summed E-state index contributed by atoms with van der Waals surface area (Å²) in [5.74, 6) is -0.124. The van der Waals surface area contributed by atoms with Crippen LogP contribution in [0.25, 0.3) is 0 Å². The summed E-state index contributed by atoms with van der Waals surface area (Å²) in [6.07, 6.45) is 1.42. The molecule has 0 radical (unpaired) electrons. The monoisotopic (exact) mass is 282 g/mol. The number of primary amides is 1. The third-order valence-corrected chi connectivity index (χ3v) is 3.33. The van der Waals surface area contributed by atoms with Crippen molar-refractivity contribution in [2.75, 3.05) is 13.2 Å². The lowest BCUT2D eigenvalue weighted by Crippen LogP contribution is -2.45. The molecule has 0 aliphatic carbocycles. The van der Waals surface area contributed by atoms with Gasteiger partial charge in [0.25, 0.3) is 5.91 Å². The predicted molar refractivity (Wildman–Crippen MR) is 70.9 cm³/mol. The summed E-state index contributed by atoms with van der Waals surface area (Å²) >= 11 is 5.75. The number of rotatable bonds is 4. The van der Waals surface area contributed by atoms with Crippen LogP contribution in [-0.2, 0) is 9.59 Å². The highest BCUT2D eigenvalue weighted by Crippen LogP contribution is 2.18. The van der Waals surface area contributed by atoms with Gasteiger partial charge in [-0.2, -0.15) is 0 Å². The van der Waals surface area contributed by atoms with Crippen LogP contribution in [0.2, 0.25) is 5.02 Å². The minimum atomic E-state index is -0.499. The molecule has 1 aliphatic heterocycles. The molecule has 0 unspecified atom stereocenters. The lowest BCUT2D eigenvalue weighted by molar-refractivity contribution is -0.138. The van der Waals surface area contributed by atoms with Crippen molar-refractivity contribution in [1.82, 2.24) is 4.90 Å². The molecule has 0 saturated carbocycles. The molecule has 5 nitrogen and oxygen atoms in total. The van der Waals surface area contributed by atoms with Crippen molar-refractivity contribution in [3.63, 3.8) is 0 Å². The summed E-state index contributed by atoms with van der Waals surface area (Å²) in [4.78, 5) is 24.7. The molecular weight excluding hydrogens is 268 g/mol. The minimum absolute atomic E-state index is 0.106. The van der Waals surface area contributed by atoms with Gasteiger partial charge in [0.1, 0.15) is 11.8 Å². The number of hydrogen-bond acceptors (Lipinski definition) is 3. The van der Waals surface area contributed by atoms with E-state index < -0.39 is 11.9 Å². The van der Waals surface area contributed by atoms with E-state index in [0.29, 0.717) is 23.7 Å². The van der Waals surface area contributed by atoms with Gasteiger partial charge in [-0.3, -0.25) is 9.59 Å². The minimum Gasteiger partial charge on any atom is -0.484 e. The molecule has 1 aliphatic rings. The molecule has 0 bridgehead atoms. The normalized spacial score (nSPS) is 18.4. The largest absolute Gasteiger partial charge is 0.484 e. The van der Waals surface area contributed by atoms with E-state index in [9.17, 15) is 9.59 Å². The Balaban J connectivity index is 1.90. The highest BCUT2D eigenvalue weighted by Gasteiger charge is 2.32. The van der Waals surface area contributed by atoms with Crippen molar-refractivity contribution in [3.05, 3.63) is 29.3 Å². The van der Waals surface area contributed by atoms with Gasteiger partial charge < -0.3 is 15.4 Å². The first-order chi connectivity index (χ1) is 9.08. The van der Waals surface area contributed by atoms with E-state index in [4.69, 9.17) is 22.1 Å². The second-order valence-corrected chi connectivity index (χ2v) is 4.83. The molecule has 1 heterocycles. The molecule has 102 valence electrons. The van der Waals surface area contributed by atoms with Gasteiger partial charge in [-0.25, -0.2) is 0 Å². The van der Waals surface area contributed by atoms with Crippen molar-refractivity contribution in [3.8, 4) is 5.75 Å². The van der Waals surface area contributed by atoms with Crippen molar-refractivity contribution in [1.29, 1.82) is 0 Å². The Hall–Kier alpha value is -1.75. The van der Waals surface area contributed by atoms with Gasteiger partial charge in [0, 0.05) is 11.6 Å². The van der Waals surface area contributed by atoms with Crippen molar-refractivity contribution in [2.45, 2.75) is 18.9 Å². The summed E-state index contributed by atoms with van der Waals surface area (Å²) < 4.78 is 5.36. The maximum Gasteiger partial charge on any atom is 0.261 e. The Labute approximate surface area is 116 Å². The third-order valence-electron chi connectivity index (χ3n) is 3.08. The first-order valence-corrected chi connectivity index (χ1v) is 6.43. The van der Waals surface area contributed by atoms with E-state index in [1.54, 1.807) is 24.3 Å². The van der Waals surface area contributed by atoms with Gasteiger partial charge in [-0.1, -0.05) is 11.6 Å². The zero-order chi connectivity index (χ0) is 13.8. The van der Waals surface area contributed by atoms with Crippen LogP contribution in [0, 0.1) is 0 Å². The molecule has 2 amide bonds. The number of carbonyl (C=O) groups excluding carboxylic acids is 2. The average Bonchev–Trinajstić information content (AvgIpc) is 2.87. The second-order valence-electron chi connectivity index (χ2n) is 4.39. The van der Waals surface area contributed by atoms with E-state index in [2.05, 4.69) is 0 Å². The van der Waals surface area contributed by atoms with Gasteiger partial charge >= 0.3 is 0 Å². The fraction of sp³-hybridized carbons (Fsp3) is 0.385. The number of nitrogens with zero attached hydrogens (tertiary/aromatic N) is 1. The Morgan fingerprint density at radius 2 is 2.05 bits per heavy atom. The molecule has 1 atom stereocenters. The first-order valence-electron chi connectivity index (χ1n) is 6.05. The van der Waals surface area contributed by atoms with Gasteiger partial charge in [0.15, 0.2) is 6.61 Å². The van der Waals surface area contributed by atoms with Gasteiger partial charge in [-0.15, -0.1) is 0 Å². The molecule has 1 aromatic carbocycles. The lowest BCUT2D eigenvalue weighted by Gasteiger charge is -2.22. The smallest absolute Gasteiger partial charge is 0.261 e. The Morgan fingerprint density at radius 1 is 1.37 bits per heavy atom. The quantitative estimate of drug-likeness (QED) is 0.902.